The Balaban J connectivity index is 2.30. The van der Waals surface area contributed by atoms with E-state index in [1.807, 2.05) is 0 Å². The van der Waals surface area contributed by atoms with E-state index in [-0.39, 0.29) is 12.3 Å². The maximum Gasteiger partial charge on any atom is 0.171 e. The smallest absolute Gasteiger partial charge is 0.171 e. The summed E-state index contributed by atoms with van der Waals surface area (Å²) < 4.78 is 10.4. The van der Waals surface area contributed by atoms with Crippen molar-refractivity contribution in [3.05, 3.63) is 0 Å². The van der Waals surface area contributed by atoms with Crippen LogP contribution < -0.4 is 5.32 Å². The van der Waals surface area contributed by atoms with E-state index in [1.165, 1.54) is 12.8 Å². The van der Waals surface area contributed by atoms with E-state index in [0.29, 0.717) is 5.41 Å². The second-order valence-electron chi connectivity index (χ2n) is 5.03. The van der Waals surface area contributed by atoms with E-state index in [1.54, 1.807) is 14.2 Å². The van der Waals surface area contributed by atoms with Gasteiger partial charge in [-0.25, -0.2) is 0 Å². The third-order valence-corrected chi connectivity index (χ3v) is 3.77. The van der Waals surface area contributed by atoms with E-state index >= 15 is 0 Å². The molecule has 0 aliphatic heterocycles. The zero-order valence-corrected chi connectivity index (χ0v) is 10.7. The van der Waals surface area contributed by atoms with Gasteiger partial charge in [0.1, 0.15) is 0 Å². The Kier molecular flexibility index (Phi) is 4.56. The van der Waals surface area contributed by atoms with E-state index in [0.717, 1.165) is 12.5 Å². The lowest BCUT2D eigenvalue weighted by atomic mass is 9.92. The lowest BCUT2D eigenvalue weighted by Gasteiger charge is -2.26. The number of nitrogens with one attached hydrogen (secondary N) is 1. The molecule has 0 saturated heterocycles. The van der Waals surface area contributed by atoms with Crippen LogP contribution in [0, 0.1) is 11.3 Å². The molecule has 1 atom stereocenters. The predicted molar refractivity (Wildman–Crippen MR) is 61.8 cm³/mol. The van der Waals surface area contributed by atoms with Crippen LogP contribution in [0.2, 0.25) is 0 Å². The van der Waals surface area contributed by atoms with Crippen LogP contribution in [0.3, 0.4) is 0 Å². The van der Waals surface area contributed by atoms with Crippen molar-refractivity contribution >= 4 is 0 Å². The SMILES string of the molecule is COC(OC)C(C)NCC1(C(C)C)CC1. The van der Waals surface area contributed by atoms with E-state index in [9.17, 15) is 0 Å². The first-order chi connectivity index (χ1) is 7.05. The molecule has 1 N–H and O–H groups in total. The molecule has 0 spiro atoms. The van der Waals surface area contributed by atoms with Crippen molar-refractivity contribution in [2.75, 3.05) is 20.8 Å². The fourth-order valence-electron chi connectivity index (χ4n) is 2.08. The second-order valence-corrected chi connectivity index (χ2v) is 5.03. The maximum absolute atomic E-state index is 5.22. The first kappa shape index (κ1) is 12.9. The molecule has 1 saturated carbocycles. The fraction of sp³-hybridized carbons (Fsp3) is 1.00. The summed E-state index contributed by atoms with van der Waals surface area (Å²) in [5.74, 6) is 0.765. The number of rotatable bonds is 7. The molecule has 1 aliphatic carbocycles. The monoisotopic (exact) mass is 215 g/mol. The molecule has 1 fully saturated rings. The second kappa shape index (κ2) is 5.28. The van der Waals surface area contributed by atoms with Crippen LogP contribution in [-0.2, 0) is 9.47 Å². The van der Waals surface area contributed by atoms with Gasteiger partial charge in [0.25, 0.3) is 0 Å². The van der Waals surface area contributed by atoms with Crippen LogP contribution in [0.25, 0.3) is 0 Å². The van der Waals surface area contributed by atoms with E-state index in [4.69, 9.17) is 9.47 Å². The van der Waals surface area contributed by atoms with Crippen molar-refractivity contribution in [3.8, 4) is 0 Å². The molecule has 1 aliphatic rings. The quantitative estimate of drug-likeness (QED) is 0.659. The standard InChI is InChI=1S/C12H25NO2/c1-9(2)12(6-7-12)8-13-10(3)11(14-4)15-5/h9-11,13H,6-8H2,1-5H3. The van der Waals surface area contributed by atoms with Crippen LogP contribution in [0.4, 0.5) is 0 Å². The molecule has 1 rings (SSSR count). The van der Waals surface area contributed by atoms with Gasteiger partial charge in [0.15, 0.2) is 6.29 Å². The molecule has 1 unspecified atom stereocenters. The maximum atomic E-state index is 5.22. The summed E-state index contributed by atoms with van der Waals surface area (Å²) in [5, 5.41) is 3.52. The Labute approximate surface area is 93.5 Å². The number of hydrogen-bond acceptors (Lipinski definition) is 3. The van der Waals surface area contributed by atoms with Crippen molar-refractivity contribution in [1.82, 2.24) is 5.32 Å². The van der Waals surface area contributed by atoms with Crippen LogP contribution in [0.15, 0.2) is 0 Å². The Morgan fingerprint density at radius 2 is 1.67 bits per heavy atom. The number of methoxy groups -OCH3 is 2. The van der Waals surface area contributed by atoms with Gasteiger partial charge in [0.05, 0.1) is 6.04 Å². The Hall–Kier alpha value is -0.120. The van der Waals surface area contributed by atoms with Gasteiger partial charge >= 0.3 is 0 Å². The Bertz CT molecular complexity index is 186. The van der Waals surface area contributed by atoms with Gasteiger partial charge in [0, 0.05) is 20.8 Å². The highest BCUT2D eigenvalue weighted by Crippen LogP contribution is 2.51. The Morgan fingerprint density at radius 3 is 2.00 bits per heavy atom. The summed E-state index contributed by atoms with van der Waals surface area (Å²) >= 11 is 0. The molecule has 0 radical (unpaired) electrons. The average molecular weight is 215 g/mol. The third-order valence-electron chi connectivity index (χ3n) is 3.77. The average Bonchev–Trinajstić information content (AvgIpc) is 2.97. The molecule has 0 aromatic rings. The normalized spacial score (nSPS) is 21.0. The van der Waals surface area contributed by atoms with Crippen LogP contribution in [0.1, 0.15) is 33.6 Å². The van der Waals surface area contributed by atoms with Gasteiger partial charge in [0.2, 0.25) is 0 Å². The summed E-state index contributed by atoms with van der Waals surface area (Å²) in [6.07, 6.45) is 2.57. The van der Waals surface area contributed by atoms with Crippen molar-refractivity contribution in [1.29, 1.82) is 0 Å². The molecular formula is C12H25NO2. The third kappa shape index (κ3) is 3.16. The molecule has 0 aromatic heterocycles. The first-order valence-electron chi connectivity index (χ1n) is 5.84. The highest BCUT2D eigenvalue weighted by molar-refractivity contribution is 4.97. The summed E-state index contributed by atoms with van der Waals surface area (Å²) in [5.41, 5.74) is 0.542. The molecule has 0 bridgehead atoms. The minimum absolute atomic E-state index is 0.145. The van der Waals surface area contributed by atoms with Crippen LogP contribution >= 0.6 is 0 Å². The minimum atomic E-state index is -0.145. The van der Waals surface area contributed by atoms with Crippen LogP contribution in [-0.4, -0.2) is 33.1 Å². The summed E-state index contributed by atoms with van der Waals surface area (Å²) in [6.45, 7) is 7.80. The van der Waals surface area contributed by atoms with Gasteiger partial charge < -0.3 is 14.8 Å². The van der Waals surface area contributed by atoms with E-state index in [2.05, 4.69) is 26.1 Å². The molecule has 0 heterocycles. The van der Waals surface area contributed by atoms with Gasteiger partial charge in [-0.05, 0) is 31.1 Å². The van der Waals surface area contributed by atoms with Gasteiger partial charge in [-0.1, -0.05) is 13.8 Å². The number of ether oxygens (including phenoxy) is 2. The molecule has 0 aromatic carbocycles. The van der Waals surface area contributed by atoms with Crippen LogP contribution in [0.5, 0.6) is 0 Å². The van der Waals surface area contributed by atoms with Crippen molar-refractivity contribution < 1.29 is 9.47 Å². The molecule has 3 nitrogen and oxygen atoms in total. The van der Waals surface area contributed by atoms with Gasteiger partial charge in [-0.3, -0.25) is 0 Å². The summed E-state index contributed by atoms with van der Waals surface area (Å²) in [6, 6.07) is 0.247. The topological polar surface area (TPSA) is 30.5 Å². The highest BCUT2D eigenvalue weighted by atomic mass is 16.7. The first-order valence-corrected chi connectivity index (χ1v) is 5.84. The van der Waals surface area contributed by atoms with Gasteiger partial charge in [-0.15, -0.1) is 0 Å². The summed E-state index contributed by atoms with van der Waals surface area (Å²) in [4.78, 5) is 0. The van der Waals surface area contributed by atoms with E-state index < -0.39 is 0 Å². The van der Waals surface area contributed by atoms with Gasteiger partial charge in [-0.2, -0.15) is 0 Å². The Morgan fingerprint density at radius 1 is 1.13 bits per heavy atom. The molecular weight excluding hydrogens is 190 g/mol. The van der Waals surface area contributed by atoms with Crippen molar-refractivity contribution in [2.45, 2.75) is 45.9 Å². The minimum Gasteiger partial charge on any atom is -0.354 e. The predicted octanol–water partition coefficient (Wildman–Crippen LogP) is 2.02. The number of hydrogen-bond donors (Lipinski definition) is 1. The van der Waals surface area contributed by atoms with Crippen molar-refractivity contribution in [2.24, 2.45) is 11.3 Å². The zero-order valence-electron chi connectivity index (χ0n) is 10.7. The largest absolute Gasteiger partial charge is 0.354 e. The van der Waals surface area contributed by atoms with Crippen molar-refractivity contribution in [3.63, 3.8) is 0 Å². The zero-order chi connectivity index (χ0) is 11.5. The summed E-state index contributed by atoms with van der Waals surface area (Å²) in [7, 11) is 3.36. The molecule has 15 heavy (non-hydrogen) atoms. The molecule has 3 heteroatoms. The molecule has 0 amide bonds. The lowest BCUT2D eigenvalue weighted by Crippen LogP contribution is -2.43. The highest BCUT2D eigenvalue weighted by Gasteiger charge is 2.45. The molecule has 90 valence electrons. The lowest BCUT2D eigenvalue weighted by molar-refractivity contribution is -0.120. The fourth-order valence-corrected chi connectivity index (χ4v) is 2.08.